The fourth-order valence-electron chi connectivity index (χ4n) is 3.82. The molecule has 3 aromatic rings. The van der Waals surface area contributed by atoms with Crippen LogP contribution in [0.15, 0.2) is 63.6 Å². The summed E-state index contributed by atoms with van der Waals surface area (Å²) in [4.78, 5) is 19.4. The van der Waals surface area contributed by atoms with Gasteiger partial charge in [-0.05, 0) is 37.1 Å². The van der Waals surface area contributed by atoms with Crippen molar-refractivity contribution in [2.45, 2.75) is 25.1 Å². The molecule has 168 valence electrons. The second-order valence-corrected chi connectivity index (χ2v) is 9.95. The van der Waals surface area contributed by atoms with Gasteiger partial charge < -0.3 is 9.84 Å². The van der Waals surface area contributed by atoms with E-state index >= 15 is 0 Å². The maximum Gasteiger partial charge on any atom is 0.241 e. The van der Waals surface area contributed by atoms with Crippen LogP contribution in [-0.4, -0.2) is 46.3 Å². The zero-order valence-electron chi connectivity index (χ0n) is 17.9. The van der Waals surface area contributed by atoms with Crippen molar-refractivity contribution in [3.8, 4) is 11.4 Å². The number of amides is 1. The van der Waals surface area contributed by atoms with Crippen LogP contribution in [0.2, 0.25) is 0 Å². The number of aromatic nitrogens is 2. The van der Waals surface area contributed by atoms with Gasteiger partial charge in [-0.15, -0.1) is 0 Å². The van der Waals surface area contributed by atoms with Crippen LogP contribution in [0, 0.1) is 5.92 Å². The Morgan fingerprint density at radius 1 is 1.22 bits per heavy atom. The SMILES string of the molecule is O=C(NCCSCc1ccccc1)C1CCCN(Cc2nc(-c3cccc(Br)c3)no2)C1. The minimum atomic E-state index is 0.00958. The number of benzene rings is 2. The zero-order chi connectivity index (χ0) is 22.2. The molecule has 32 heavy (non-hydrogen) atoms. The first-order valence-corrected chi connectivity index (χ1v) is 12.8. The molecule has 1 saturated heterocycles. The van der Waals surface area contributed by atoms with Crippen LogP contribution < -0.4 is 5.32 Å². The molecule has 0 radical (unpaired) electrons. The van der Waals surface area contributed by atoms with Gasteiger partial charge in [0.2, 0.25) is 17.6 Å². The van der Waals surface area contributed by atoms with E-state index in [9.17, 15) is 4.79 Å². The number of thioether (sulfide) groups is 1. The lowest BCUT2D eigenvalue weighted by Gasteiger charge is -2.30. The Morgan fingerprint density at radius 3 is 2.94 bits per heavy atom. The number of nitrogens with zero attached hydrogens (tertiary/aromatic N) is 3. The van der Waals surface area contributed by atoms with E-state index in [0.717, 1.165) is 47.5 Å². The lowest BCUT2D eigenvalue weighted by atomic mass is 9.97. The molecule has 2 aromatic carbocycles. The number of hydrogen-bond acceptors (Lipinski definition) is 6. The lowest BCUT2D eigenvalue weighted by molar-refractivity contribution is -0.126. The molecule has 1 aliphatic heterocycles. The highest BCUT2D eigenvalue weighted by Gasteiger charge is 2.26. The summed E-state index contributed by atoms with van der Waals surface area (Å²) in [5.41, 5.74) is 2.23. The number of nitrogens with one attached hydrogen (secondary N) is 1. The highest BCUT2D eigenvalue weighted by Crippen LogP contribution is 2.22. The average molecular weight is 515 g/mol. The van der Waals surface area contributed by atoms with Crippen LogP contribution in [0.3, 0.4) is 0 Å². The van der Waals surface area contributed by atoms with Crippen LogP contribution in [0.4, 0.5) is 0 Å². The standard InChI is InChI=1S/C24H27BrN4O2S/c25-21-10-4-8-19(14-21)23-27-22(31-28-23)16-29-12-5-9-20(15-29)24(30)26-11-13-32-17-18-6-2-1-3-7-18/h1-4,6-8,10,14,20H,5,9,11-13,15-17H2,(H,26,30). The zero-order valence-corrected chi connectivity index (χ0v) is 20.3. The Labute approximate surface area is 201 Å². The maximum atomic E-state index is 12.6. The van der Waals surface area contributed by atoms with Crippen LogP contribution in [-0.2, 0) is 17.1 Å². The van der Waals surface area contributed by atoms with E-state index in [0.29, 0.717) is 24.8 Å². The monoisotopic (exact) mass is 514 g/mol. The van der Waals surface area contributed by atoms with Gasteiger partial charge in [-0.3, -0.25) is 9.69 Å². The van der Waals surface area contributed by atoms with Gasteiger partial charge in [0.05, 0.1) is 12.5 Å². The summed E-state index contributed by atoms with van der Waals surface area (Å²) in [6, 6.07) is 18.2. The number of rotatable bonds is 9. The number of carbonyl (C=O) groups is 1. The summed E-state index contributed by atoms with van der Waals surface area (Å²) in [6.45, 7) is 2.92. The van der Waals surface area contributed by atoms with Gasteiger partial charge in [-0.2, -0.15) is 16.7 Å². The highest BCUT2D eigenvalue weighted by atomic mass is 79.9. The van der Waals surface area contributed by atoms with Crippen molar-refractivity contribution >= 4 is 33.6 Å². The molecule has 8 heteroatoms. The first-order chi connectivity index (χ1) is 15.7. The van der Waals surface area contributed by atoms with Crippen LogP contribution in [0.5, 0.6) is 0 Å². The minimum Gasteiger partial charge on any atom is -0.355 e. The van der Waals surface area contributed by atoms with E-state index in [-0.39, 0.29) is 11.8 Å². The van der Waals surface area contributed by atoms with Crippen molar-refractivity contribution < 1.29 is 9.32 Å². The van der Waals surface area contributed by atoms with Crippen molar-refractivity contribution in [2.75, 3.05) is 25.4 Å². The Morgan fingerprint density at radius 2 is 2.09 bits per heavy atom. The second-order valence-electron chi connectivity index (χ2n) is 7.93. The van der Waals surface area contributed by atoms with Crippen LogP contribution in [0.25, 0.3) is 11.4 Å². The molecule has 1 fully saturated rings. The molecule has 1 atom stereocenters. The number of carbonyl (C=O) groups excluding carboxylic acids is 1. The predicted octanol–water partition coefficient (Wildman–Crippen LogP) is 4.76. The fourth-order valence-corrected chi connectivity index (χ4v) is 5.04. The number of halogens is 1. The number of likely N-dealkylation sites (tertiary alicyclic amines) is 1. The molecular formula is C24H27BrN4O2S. The quantitative estimate of drug-likeness (QED) is 0.415. The molecule has 0 spiro atoms. The third kappa shape index (κ3) is 6.67. The van der Waals surface area contributed by atoms with E-state index < -0.39 is 0 Å². The number of hydrogen-bond donors (Lipinski definition) is 1. The predicted molar refractivity (Wildman–Crippen MR) is 131 cm³/mol. The average Bonchev–Trinajstić information content (AvgIpc) is 3.28. The molecule has 1 aliphatic rings. The van der Waals surface area contributed by atoms with Crippen molar-refractivity contribution in [1.82, 2.24) is 20.4 Å². The Bertz CT molecular complexity index is 1010. The van der Waals surface area contributed by atoms with Gasteiger partial charge in [0.1, 0.15) is 0 Å². The molecule has 6 nitrogen and oxygen atoms in total. The number of piperidine rings is 1. The highest BCUT2D eigenvalue weighted by molar-refractivity contribution is 9.10. The van der Waals surface area contributed by atoms with E-state index in [1.807, 2.05) is 42.1 Å². The van der Waals surface area contributed by atoms with Gasteiger partial charge >= 0.3 is 0 Å². The van der Waals surface area contributed by atoms with Crippen LogP contribution >= 0.6 is 27.7 Å². The first-order valence-electron chi connectivity index (χ1n) is 10.9. The van der Waals surface area contributed by atoms with Gasteiger partial charge in [0, 0.05) is 34.6 Å². The molecule has 0 aliphatic carbocycles. The summed E-state index contributed by atoms with van der Waals surface area (Å²) >= 11 is 5.31. The van der Waals surface area contributed by atoms with E-state index in [4.69, 9.17) is 4.52 Å². The largest absolute Gasteiger partial charge is 0.355 e. The molecule has 1 unspecified atom stereocenters. The van der Waals surface area contributed by atoms with E-state index in [1.165, 1.54) is 5.56 Å². The normalized spacial score (nSPS) is 16.7. The molecule has 1 N–H and O–H groups in total. The van der Waals surface area contributed by atoms with E-state index in [1.54, 1.807) is 0 Å². The van der Waals surface area contributed by atoms with Gasteiger partial charge in [0.25, 0.3) is 0 Å². The fraction of sp³-hybridized carbons (Fsp3) is 0.375. The summed E-state index contributed by atoms with van der Waals surface area (Å²) in [6.07, 6.45) is 1.92. The van der Waals surface area contributed by atoms with Gasteiger partial charge in [-0.1, -0.05) is 63.6 Å². The smallest absolute Gasteiger partial charge is 0.241 e. The summed E-state index contributed by atoms with van der Waals surface area (Å²) in [5.74, 6) is 3.21. The van der Waals surface area contributed by atoms with Crippen molar-refractivity contribution in [3.63, 3.8) is 0 Å². The third-order valence-corrected chi connectivity index (χ3v) is 6.97. The van der Waals surface area contributed by atoms with E-state index in [2.05, 4.69) is 60.6 Å². The molecule has 0 bridgehead atoms. The Kier molecular flexibility index (Phi) is 8.36. The molecule has 1 aromatic heterocycles. The van der Waals surface area contributed by atoms with Crippen molar-refractivity contribution in [2.24, 2.45) is 5.92 Å². The topological polar surface area (TPSA) is 71.3 Å². The molecule has 1 amide bonds. The molecule has 0 saturated carbocycles. The van der Waals surface area contributed by atoms with Crippen molar-refractivity contribution in [1.29, 1.82) is 0 Å². The second kappa shape index (κ2) is 11.6. The van der Waals surface area contributed by atoms with Gasteiger partial charge in [-0.25, -0.2) is 0 Å². The minimum absolute atomic E-state index is 0.00958. The van der Waals surface area contributed by atoms with Gasteiger partial charge in [0.15, 0.2) is 0 Å². The third-order valence-electron chi connectivity index (χ3n) is 5.44. The maximum absolute atomic E-state index is 12.6. The molecule has 2 heterocycles. The Balaban J connectivity index is 1.20. The lowest BCUT2D eigenvalue weighted by Crippen LogP contribution is -2.43. The van der Waals surface area contributed by atoms with Crippen molar-refractivity contribution in [3.05, 3.63) is 70.5 Å². The first kappa shape index (κ1) is 23.0. The summed E-state index contributed by atoms with van der Waals surface area (Å²) < 4.78 is 6.44. The van der Waals surface area contributed by atoms with Crippen LogP contribution in [0.1, 0.15) is 24.3 Å². The molecular weight excluding hydrogens is 488 g/mol. The molecule has 4 rings (SSSR count). The summed E-state index contributed by atoms with van der Waals surface area (Å²) in [5, 5.41) is 7.22. The Hall–Kier alpha value is -2.16. The summed E-state index contributed by atoms with van der Waals surface area (Å²) in [7, 11) is 0.